The molecule has 1 heterocycles. The zero-order valence-electron chi connectivity index (χ0n) is 14.1. The van der Waals surface area contributed by atoms with Gasteiger partial charge in [-0.2, -0.15) is 0 Å². The number of nitrogens with two attached hydrogens (primary N) is 1. The molecule has 134 valence electrons. The van der Waals surface area contributed by atoms with Crippen LogP contribution in [-0.2, 0) is 5.75 Å². The Kier molecular flexibility index (Phi) is 5.43. The molecule has 0 spiro atoms. The van der Waals surface area contributed by atoms with Crippen molar-refractivity contribution in [2.45, 2.75) is 17.8 Å². The fourth-order valence-corrected chi connectivity index (χ4v) is 3.16. The molecule has 0 radical (unpaired) electrons. The molecule has 0 saturated heterocycles. The van der Waals surface area contributed by atoms with Crippen molar-refractivity contribution in [2.24, 2.45) is 0 Å². The van der Waals surface area contributed by atoms with Crippen molar-refractivity contribution in [3.05, 3.63) is 59.7 Å². The molecule has 3 aromatic rings. The predicted octanol–water partition coefficient (Wildman–Crippen LogP) is 1.71. The molecule has 0 unspecified atom stereocenters. The van der Waals surface area contributed by atoms with Gasteiger partial charge in [0.2, 0.25) is 5.16 Å². The van der Waals surface area contributed by atoms with Crippen molar-refractivity contribution < 1.29 is 14.6 Å². The second-order valence-electron chi connectivity index (χ2n) is 5.41. The number of nitrogens with zero attached hydrogens (tertiary/aromatic N) is 3. The average molecular weight is 369 g/mol. The van der Waals surface area contributed by atoms with E-state index in [9.17, 15) is 9.90 Å². The van der Waals surface area contributed by atoms with Gasteiger partial charge >= 0.3 is 0 Å². The Balaban J connectivity index is 1.72. The van der Waals surface area contributed by atoms with E-state index in [0.717, 1.165) is 16.9 Å². The number of aromatic carboxylic acids is 1. The first kappa shape index (κ1) is 17.8. The van der Waals surface area contributed by atoms with Crippen molar-refractivity contribution in [1.29, 1.82) is 0 Å². The highest BCUT2D eigenvalue weighted by Gasteiger charge is 2.13. The number of thioether (sulfide) groups is 1. The van der Waals surface area contributed by atoms with Gasteiger partial charge in [0.15, 0.2) is 5.82 Å². The van der Waals surface area contributed by atoms with Crippen molar-refractivity contribution in [3.63, 3.8) is 0 Å². The number of carbonyl (C=O) groups is 1. The minimum atomic E-state index is -1.19. The summed E-state index contributed by atoms with van der Waals surface area (Å²) in [6, 6.07) is 14.0. The maximum atomic E-state index is 10.8. The van der Waals surface area contributed by atoms with E-state index in [0.29, 0.717) is 23.3 Å². The van der Waals surface area contributed by atoms with E-state index in [2.05, 4.69) is 10.2 Å². The van der Waals surface area contributed by atoms with Crippen LogP contribution in [0.25, 0.3) is 11.4 Å². The number of ether oxygens (including phenoxy) is 1. The molecule has 0 bridgehead atoms. The van der Waals surface area contributed by atoms with Gasteiger partial charge < -0.3 is 20.5 Å². The van der Waals surface area contributed by atoms with Crippen LogP contribution < -0.4 is 15.7 Å². The minimum absolute atomic E-state index is 0.150. The van der Waals surface area contributed by atoms with Crippen molar-refractivity contribution in [1.82, 2.24) is 14.9 Å². The third-order valence-electron chi connectivity index (χ3n) is 3.63. The summed E-state index contributed by atoms with van der Waals surface area (Å²) in [5.74, 6) is 6.81. The van der Waals surface area contributed by atoms with E-state index in [1.54, 1.807) is 12.1 Å². The number of carbonyl (C=O) groups excluding carboxylic acids is 1. The molecule has 7 nitrogen and oxygen atoms in total. The average Bonchev–Trinajstić information content (AvgIpc) is 3.01. The van der Waals surface area contributed by atoms with Crippen molar-refractivity contribution >= 4 is 17.7 Å². The Bertz CT molecular complexity index is 909. The standard InChI is InChI=1S/C18H18N4O3S/c1-2-25-15-5-3-4-14(10-15)16-20-21-18(22(16)19)26-11-12-6-8-13(9-7-12)17(23)24/h3-10H,2,11,19H2,1H3,(H,23,24)/p-1. The number of benzene rings is 2. The van der Waals surface area contributed by atoms with Crippen molar-refractivity contribution in [3.8, 4) is 17.1 Å². The molecule has 2 aromatic carbocycles. The lowest BCUT2D eigenvalue weighted by molar-refractivity contribution is -0.255. The van der Waals surface area contributed by atoms with E-state index in [1.807, 2.05) is 31.2 Å². The number of hydrogen-bond acceptors (Lipinski definition) is 7. The summed E-state index contributed by atoms with van der Waals surface area (Å²) in [5.41, 5.74) is 1.91. The normalized spacial score (nSPS) is 10.7. The Morgan fingerprint density at radius 3 is 2.69 bits per heavy atom. The zero-order chi connectivity index (χ0) is 18.5. The molecular weight excluding hydrogens is 352 g/mol. The van der Waals surface area contributed by atoms with Crippen molar-refractivity contribution in [2.75, 3.05) is 12.4 Å². The monoisotopic (exact) mass is 369 g/mol. The highest BCUT2D eigenvalue weighted by molar-refractivity contribution is 7.98. The largest absolute Gasteiger partial charge is 0.545 e. The second-order valence-corrected chi connectivity index (χ2v) is 6.35. The van der Waals surface area contributed by atoms with Crippen LogP contribution in [0.15, 0.2) is 53.7 Å². The maximum absolute atomic E-state index is 10.8. The quantitative estimate of drug-likeness (QED) is 0.499. The second kappa shape index (κ2) is 7.92. The summed E-state index contributed by atoms with van der Waals surface area (Å²) in [7, 11) is 0. The van der Waals surface area contributed by atoms with Crippen LogP contribution in [0.3, 0.4) is 0 Å². The molecule has 26 heavy (non-hydrogen) atoms. The van der Waals surface area contributed by atoms with Crippen LogP contribution in [0.5, 0.6) is 5.75 Å². The molecule has 8 heteroatoms. The lowest BCUT2D eigenvalue weighted by Crippen LogP contribution is -2.21. The Hall–Kier alpha value is -3.00. The molecule has 1 aromatic heterocycles. The van der Waals surface area contributed by atoms with E-state index < -0.39 is 5.97 Å². The number of aromatic nitrogens is 3. The minimum Gasteiger partial charge on any atom is -0.545 e. The Labute approximate surface area is 154 Å². The molecule has 0 saturated carbocycles. The van der Waals surface area contributed by atoms with Gasteiger partial charge in [-0.1, -0.05) is 48.2 Å². The van der Waals surface area contributed by atoms with Crippen LogP contribution in [-0.4, -0.2) is 27.4 Å². The summed E-state index contributed by atoms with van der Waals surface area (Å²) in [6.45, 7) is 2.50. The highest BCUT2D eigenvalue weighted by Crippen LogP contribution is 2.26. The number of carboxylic acid groups (broad SMARTS) is 1. The molecule has 0 atom stereocenters. The lowest BCUT2D eigenvalue weighted by Gasteiger charge is -2.07. The van der Waals surface area contributed by atoms with Gasteiger partial charge in [-0.15, -0.1) is 10.2 Å². The summed E-state index contributed by atoms with van der Waals surface area (Å²) >= 11 is 1.41. The number of rotatable bonds is 7. The van der Waals surface area contributed by atoms with E-state index in [4.69, 9.17) is 10.6 Å². The molecule has 0 aliphatic carbocycles. The zero-order valence-corrected chi connectivity index (χ0v) is 14.9. The summed E-state index contributed by atoms with van der Waals surface area (Å²) in [5, 5.41) is 19.6. The topological polar surface area (TPSA) is 106 Å². The summed E-state index contributed by atoms with van der Waals surface area (Å²) in [6.07, 6.45) is 0. The first-order chi connectivity index (χ1) is 12.6. The Morgan fingerprint density at radius 1 is 1.23 bits per heavy atom. The van der Waals surface area contributed by atoms with Crippen LogP contribution in [0, 0.1) is 0 Å². The van der Waals surface area contributed by atoms with Crippen LogP contribution in [0.2, 0.25) is 0 Å². The van der Waals surface area contributed by atoms with Gasteiger partial charge in [-0.25, -0.2) is 4.68 Å². The molecule has 0 amide bonds. The van der Waals surface area contributed by atoms with E-state index in [-0.39, 0.29) is 5.56 Å². The van der Waals surface area contributed by atoms with Crippen LogP contribution >= 0.6 is 11.8 Å². The molecule has 2 N–H and O–H groups in total. The summed E-state index contributed by atoms with van der Waals surface area (Å²) < 4.78 is 6.93. The first-order valence-electron chi connectivity index (χ1n) is 7.95. The predicted molar refractivity (Wildman–Crippen MR) is 97.1 cm³/mol. The number of nitrogen functional groups attached to an aromatic ring is 1. The van der Waals surface area contributed by atoms with Gasteiger partial charge in [-0.05, 0) is 30.2 Å². The van der Waals surface area contributed by atoms with Crippen LogP contribution in [0.4, 0.5) is 0 Å². The third-order valence-corrected chi connectivity index (χ3v) is 4.64. The van der Waals surface area contributed by atoms with E-state index in [1.165, 1.54) is 28.6 Å². The first-order valence-corrected chi connectivity index (χ1v) is 8.94. The van der Waals surface area contributed by atoms with E-state index >= 15 is 0 Å². The molecule has 0 fully saturated rings. The fraction of sp³-hybridized carbons (Fsp3) is 0.167. The molecular formula is C18H17N4O3S-. The fourth-order valence-electron chi connectivity index (χ4n) is 2.35. The third kappa shape index (κ3) is 3.97. The van der Waals surface area contributed by atoms with Gasteiger partial charge in [-0.3, -0.25) is 0 Å². The lowest BCUT2D eigenvalue weighted by atomic mass is 10.1. The number of carboxylic acids is 1. The number of hydrogen-bond donors (Lipinski definition) is 1. The van der Waals surface area contributed by atoms with Gasteiger partial charge in [0.05, 0.1) is 12.6 Å². The van der Waals surface area contributed by atoms with Gasteiger partial charge in [0.25, 0.3) is 0 Å². The van der Waals surface area contributed by atoms with Gasteiger partial charge in [0, 0.05) is 11.3 Å². The van der Waals surface area contributed by atoms with Gasteiger partial charge in [0.1, 0.15) is 5.75 Å². The maximum Gasteiger partial charge on any atom is 0.210 e. The highest BCUT2D eigenvalue weighted by atomic mass is 32.2. The molecule has 0 aliphatic heterocycles. The molecule has 3 rings (SSSR count). The molecule has 0 aliphatic rings. The smallest absolute Gasteiger partial charge is 0.210 e. The summed E-state index contributed by atoms with van der Waals surface area (Å²) in [4.78, 5) is 10.8. The van der Waals surface area contributed by atoms with Crippen LogP contribution in [0.1, 0.15) is 22.8 Å². The Morgan fingerprint density at radius 2 is 2.00 bits per heavy atom. The SMILES string of the molecule is CCOc1cccc(-c2nnc(SCc3ccc(C(=O)[O-])cc3)n2N)c1.